The molecule has 2 aromatic rings. The van der Waals surface area contributed by atoms with Gasteiger partial charge in [0.15, 0.2) is 0 Å². The number of hydrogen-bond acceptors (Lipinski definition) is 2. The summed E-state index contributed by atoms with van der Waals surface area (Å²) in [6.07, 6.45) is 3.78. The standard InChI is InChI=1S/C13H14N2S/c1-11(10-16)9-15-8-7-14-13(15)12-5-3-2-4-6-12/h2-8,16H,1,9-10H2. The van der Waals surface area contributed by atoms with Gasteiger partial charge >= 0.3 is 0 Å². The fourth-order valence-corrected chi connectivity index (χ4v) is 1.68. The molecule has 1 heterocycles. The van der Waals surface area contributed by atoms with Crippen LogP contribution in [-0.2, 0) is 6.54 Å². The molecule has 0 N–H and O–H groups in total. The minimum absolute atomic E-state index is 0.701. The molecular weight excluding hydrogens is 216 g/mol. The lowest BCUT2D eigenvalue weighted by atomic mass is 10.2. The van der Waals surface area contributed by atoms with Gasteiger partial charge in [-0.25, -0.2) is 4.98 Å². The second-order valence-electron chi connectivity index (χ2n) is 3.65. The summed E-state index contributed by atoms with van der Waals surface area (Å²) in [7, 11) is 0. The molecule has 0 spiro atoms. The maximum Gasteiger partial charge on any atom is 0.140 e. The number of nitrogens with zero attached hydrogens (tertiary/aromatic N) is 2. The Morgan fingerprint density at radius 1 is 1.31 bits per heavy atom. The van der Waals surface area contributed by atoms with E-state index in [1.807, 2.05) is 30.6 Å². The SMILES string of the molecule is C=C(CS)Cn1ccnc1-c1ccccc1. The van der Waals surface area contributed by atoms with Gasteiger partial charge < -0.3 is 4.57 Å². The topological polar surface area (TPSA) is 17.8 Å². The van der Waals surface area contributed by atoms with Crippen LogP contribution in [0.5, 0.6) is 0 Å². The van der Waals surface area contributed by atoms with Crippen molar-refractivity contribution in [3.8, 4) is 11.4 Å². The maximum absolute atomic E-state index is 4.37. The zero-order valence-corrected chi connectivity index (χ0v) is 9.90. The maximum atomic E-state index is 4.37. The van der Waals surface area contributed by atoms with E-state index in [1.54, 1.807) is 0 Å². The molecule has 0 fully saturated rings. The molecule has 0 radical (unpaired) electrons. The largest absolute Gasteiger partial charge is 0.327 e. The third kappa shape index (κ3) is 2.36. The third-order valence-corrected chi connectivity index (χ3v) is 2.81. The first-order valence-electron chi connectivity index (χ1n) is 5.15. The fraction of sp³-hybridized carbons (Fsp3) is 0.154. The first-order chi connectivity index (χ1) is 7.81. The molecule has 3 heteroatoms. The molecule has 0 bridgehead atoms. The summed E-state index contributed by atoms with van der Waals surface area (Å²) in [4.78, 5) is 4.37. The highest BCUT2D eigenvalue weighted by atomic mass is 32.1. The highest BCUT2D eigenvalue weighted by Crippen LogP contribution is 2.17. The third-order valence-electron chi connectivity index (χ3n) is 2.37. The molecule has 0 aliphatic rings. The van der Waals surface area contributed by atoms with Gasteiger partial charge in [-0.15, -0.1) is 0 Å². The Hall–Kier alpha value is -1.48. The first kappa shape index (κ1) is 11.0. The summed E-state index contributed by atoms with van der Waals surface area (Å²) in [5.41, 5.74) is 2.21. The Labute approximate surface area is 101 Å². The van der Waals surface area contributed by atoms with Crippen molar-refractivity contribution in [3.63, 3.8) is 0 Å². The number of thiol groups is 1. The number of hydrogen-bond donors (Lipinski definition) is 1. The van der Waals surface area contributed by atoms with Gasteiger partial charge in [0.1, 0.15) is 5.82 Å². The molecule has 0 unspecified atom stereocenters. The lowest BCUT2D eigenvalue weighted by molar-refractivity contribution is 0.797. The molecule has 0 atom stereocenters. The second kappa shape index (κ2) is 5.03. The van der Waals surface area contributed by atoms with Gasteiger partial charge in [0, 0.05) is 30.3 Å². The second-order valence-corrected chi connectivity index (χ2v) is 3.97. The van der Waals surface area contributed by atoms with Gasteiger partial charge in [0.2, 0.25) is 0 Å². The molecular formula is C13H14N2S. The summed E-state index contributed by atoms with van der Waals surface area (Å²) >= 11 is 4.22. The van der Waals surface area contributed by atoms with Gasteiger partial charge in [0.25, 0.3) is 0 Å². The molecule has 0 amide bonds. The molecule has 82 valence electrons. The summed E-state index contributed by atoms with van der Waals surface area (Å²) in [5, 5.41) is 0. The van der Waals surface area contributed by atoms with Crippen molar-refractivity contribution in [3.05, 3.63) is 54.9 Å². The molecule has 0 aliphatic heterocycles. The molecule has 1 aromatic carbocycles. The van der Waals surface area contributed by atoms with Crippen LogP contribution >= 0.6 is 12.6 Å². The van der Waals surface area contributed by atoms with Crippen LogP contribution in [0.15, 0.2) is 54.9 Å². The van der Waals surface area contributed by atoms with E-state index in [4.69, 9.17) is 0 Å². The van der Waals surface area contributed by atoms with E-state index in [1.165, 1.54) is 0 Å². The predicted molar refractivity (Wildman–Crippen MR) is 70.7 cm³/mol. The van der Waals surface area contributed by atoms with Gasteiger partial charge in [-0.2, -0.15) is 12.6 Å². The van der Waals surface area contributed by atoms with E-state index < -0.39 is 0 Å². The Balaban J connectivity index is 2.29. The van der Waals surface area contributed by atoms with Gasteiger partial charge in [0.05, 0.1) is 0 Å². The van der Waals surface area contributed by atoms with E-state index in [2.05, 4.69) is 40.9 Å². The number of aromatic nitrogens is 2. The van der Waals surface area contributed by atoms with E-state index >= 15 is 0 Å². The highest BCUT2D eigenvalue weighted by molar-refractivity contribution is 7.80. The molecule has 16 heavy (non-hydrogen) atoms. The van der Waals surface area contributed by atoms with Crippen molar-refractivity contribution in [1.82, 2.24) is 9.55 Å². The minimum Gasteiger partial charge on any atom is -0.327 e. The van der Waals surface area contributed by atoms with Gasteiger partial charge in [-0.05, 0) is 5.57 Å². The zero-order valence-electron chi connectivity index (χ0n) is 9.00. The fourth-order valence-electron chi connectivity index (χ4n) is 1.58. The molecule has 1 aromatic heterocycles. The monoisotopic (exact) mass is 230 g/mol. The summed E-state index contributed by atoms with van der Waals surface area (Å²) in [6.45, 7) is 4.73. The van der Waals surface area contributed by atoms with Crippen molar-refractivity contribution in [1.29, 1.82) is 0 Å². The Bertz CT molecular complexity index is 474. The van der Waals surface area contributed by atoms with Crippen LogP contribution in [-0.4, -0.2) is 15.3 Å². The van der Waals surface area contributed by atoms with Crippen LogP contribution in [0, 0.1) is 0 Å². The average Bonchev–Trinajstić information content (AvgIpc) is 2.78. The molecule has 2 rings (SSSR count). The van der Waals surface area contributed by atoms with Crippen molar-refractivity contribution >= 4 is 12.6 Å². The predicted octanol–water partition coefficient (Wildman–Crippen LogP) is 3.04. The Kier molecular flexibility index (Phi) is 3.47. The van der Waals surface area contributed by atoms with Crippen molar-refractivity contribution in [2.75, 3.05) is 5.75 Å². The zero-order chi connectivity index (χ0) is 11.4. The van der Waals surface area contributed by atoms with Crippen molar-refractivity contribution in [2.45, 2.75) is 6.54 Å². The van der Waals surface area contributed by atoms with Gasteiger partial charge in [-0.3, -0.25) is 0 Å². The van der Waals surface area contributed by atoms with E-state index in [9.17, 15) is 0 Å². The average molecular weight is 230 g/mol. The summed E-state index contributed by atoms with van der Waals surface area (Å²) in [6, 6.07) is 10.2. The number of rotatable bonds is 4. The smallest absolute Gasteiger partial charge is 0.140 e. The Morgan fingerprint density at radius 2 is 2.06 bits per heavy atom. The number of imidazole rings is 1. The van der Waals surface area contributed by atoms with Gasteiger partial charge in [-0.1, -0.05) is 36.9 Å². The van der Waals surface area contributed by atoms with Crippen LogP contribution in [0.25, 0.3) is 11.4 Å². The summed E-state index contributed by atoms with van der Waals surface area (Å²) in [5.74, 6) is 1.68. The normalized spacial score (nSPS) is 10.3. The number of benzene rings is 1. The quantitative estimate of drug-likeness (QED) is 0.631. The van der Waals surface area contributed by atoms with Crippen molar-refractivity contribution in [2.24, 2.45) is 0 Å². The summed E-state index contributed by atoms with van der Waals surface area (Å²) < 4.78 is 2.09. The van der Waals surface area contributed by atoms with E-state index in [-0.39, 0.29) is 0 Å². The van der Waals surface area contributed by atoms with Crippen molar-refractivity contribution < 1.29 is 0 Å². The van der Waals surface area contributed by atoms with Crippen LogP contribution < -0.4 is 0 Å². The molecule has 0 aliphatic carbocycles. The first-order valence-corrected chi connectivity index (χ1v) is 5.78. The van der Waals surface area contributed by atoms with Crippen LogP contribution in [0.2, 0.25) is 0 Å². The van der Waals surface area contributed by atoms with Crippen LogP contribution in [0.1, 0.15) is 0 Å². The highest BCUT2D eigenvalue weighted by Gasteiger charge is 2.05. The van der Waals surface area contributed by atoms with E-state index in [0.717, 1.165) is 23.5 Å². The molecule has 0 saturated carbocycles. The lowest BCUT2D eigenvalue weighted by Crippen LogP contribution is -2.02. The van der Waals surface area contributed by atoms with E-state index in [0.29, 0.717) is 5.75 Å². The minimum atomic E-state index is 0.701. The molecule has 0 saturated heterocycles. The molecule has 2 nitrogen and oxygen atoms in total. The Morgan fingerprint density at radius 3 is 2.75 bits per heavy atom. The van der Waals surface area contributed by atoms with Crippen LogP contribution in [0.3, 0.4) is 0 Å². The lowest BCUT2D eigenvalue weighted by Gasteiger charge is -2.08. The van der Waals surface area contributed by atoms with Crippen LogP contribution in [0.4, 0.5) is 0 Å².